The van der Waals surface area contributed by atoms with Crippen LogP contribution in [0.3, 0.4) is 0 Å². The SMILES string of the molecule is CNc1cc(NCc2ccc3oc(C)nc3c2)ncn1. The van der Waals surface area contributed by atoms with E-state index in [1.165, 1.54) is 6.33 Å². The normalized spacial score (nSPS) is 10.7. The number of nitrogens with zero attached hydrogens (tertiary/aromatic N) is 3. The molecule has 0 saturated carbocycles. The summed E-state index contributed by atoms with van der Waals surface area (Å²) in [6.07, 6.45) is 1.53. The molecule has 0 unspecified atom stereocenters. The topological polar surface area (TPSA) is 75.9 Å². The van der Waals surface area contributed by atoms with Crippen molar-refractivity contribution in [1.29, 1.82) is 0 Å². The molecule has 2 heterocycles. The van der Waals surface area contributed by atoms with Gasteiger partial charge < -0.3 is 15.1 Å². The summed E-state index contributed by atoms with van der Waals surface area (Å²) in [4.78, 5) is 12.6. The summed E-state index contributed by atoms with van der Waals surface area (Å²) in [6.45, 7) is 2.51. The zero-order valence-electron chi connectivity index (χ0n) is 11.3. The number of aryl methyl sites for hydroxylation is 1. The number of rotatable bonds is 4. The fourth-order valence-corrected chi connectivity index (χ4v) is 1.98. The summed E-state index contributed by atoms with van der Waals surface area (Å²) in [6, 6.07) is 7.82. The van der Waals surface area contributed by atoms with Crippen molar-refractivity contribution >= 4 is 22.7 Å². The highest BCUT2D eigenvalue weighted by molar-refractivity contribution is 5.73. The molecule has 0 aliphatic rings. The third-order valence-corrected chi connectivity index (χ3v) is 2.96. The van der Waals surface area contributed by atoms with Gasteiger partial charge >= 0.3 is 0 Å². The zero-order valence-corrected chi connectivity index (χ0v) is 11.3. The van der Waals surface area contributed by atoms with Gasteiger partial charge in [0.2, 0.25) is 0 Å². The van der Waals surface area contributed by atoms with Crippen LogP contribution in [0, 0.1) is 6.92 Å². The Morgan fingerprint density at radius 1 is 1.15 bits per heavy atom. The number of hydrogen-bond donors (Lipinski definition) is 2. The number of nitrogens with one attached hydrogen (secondary N) is 2. The molecule has 0 atom stereocenters. The maximum atomic E-state index is 5.46. The molecule has 0 amide bonds. The van der Waals surface area contributed by atoms with Crippen molar-refractivity contribution in [2.45, 2.75) is 13.5 Å². The first-order valence-corrected chi connectivity index (χ1v) is 6.34. The lowest BCUT2D eigenvalue weighted by molar-refractivity contribution is 0.561. The van der Waals surface area contributed by atoms with E-state index in [9.17, 15) is 0 Å². The summed E-state index contributed by atoms with van der Waals surface area (Å²) < 4.78 is 5.46. The lowest BCUT2D eigenvalue weighted by atomic mass is 10.2. The maximum absolute atomic E-state index is 5.46. The number of oxazole rings is 1. The van der Waals surface area contributed by atoms with Gasteiger partial charge in [-0.05, 0) is 17.7 Å². The fourth-order valence-electron chi connectivity index (χ4n) is 1.98. The number of benzene rings is 1. The minimum absolute atomic E-state index is 0.669. The Morgan fingerprint density at radius 3 is 2.85 bits per heavy atom. The number of fused-ring (bicyclic) bond motifs is 1. The van der Waals surface area contributed by atoms with Gasteiger partial charge in [-0.3, -0.25) is 0 Å². The molecule has 3 rings (SSSR count). The Labute approximate surface area is 116 Å². The van der Waals surface area contributed by atoms with Crippen LogP contribution in [-0.4, -0.2) is 22.0 Å². The van der Waals surface area contributed by atoms with Crippen LogP contribution in [0.2, 0.25) is 0 Å². The van der Waals surface area contributed by atoms with Crippen LogP contribution >= 0.6 is 0 Å². The first-order chi connectivity index (χ1) is 9.74. The Balaban J connectivity index is 1.75. The fraction of sp³-hybridized carbons (Fsp3) is 0.214. The zero-order chi connectivity index (χ0) is 13.9. The van der Waals surface area contributed by atoms with E-state index in [-0.39, 0.29) is 0 Å². The molecule has 0 spiro atoms. The molecule has 6 nitrogen and oxygen atoms in total. The molecule has 2 aromatic heterocycles. The lowest BCUT2D eigenvalue weighted by Crippen LogP contribution is -2.03. The van der Waals surface area contributed by atoms with E-state index in [1.807, 2.05) is 38.2 Å². The van der Waals surface area contributed by atoms with Gasteiger partial charge in [0, 0.05) is 26.6 Å². The lowest BCUT2D eigenvalue weighted by Gasteiger charge is -2.06. The third-order valence-electron chi connectivity index (χ3n) is 2.96. The highest BCUT2D eigenvalue weighted by atomic mass is 16.3. The summed E-state index contributed by atoms with van der Waals surface area (Å²) >= 11 is 0. The van der Waals surface area contributed by atoms with Crippen LogP contribution in [0.15, 0.2) is 35.0 Å². The molecule has 2 N–H and O–H groups in total. The molecular weight excluding hydrogens is 254 g/mol. The minimum Gasteiger partial charge on any atom is -0.441 e. The summed E-state index contributed by atoms with van der Waals surface area (Å²) in [5, 5.41) is 6.24. The van der Waals surface area contributed by atoms with Gasteiger partial charge in [0.1, 0.15) is 23.5 Å². The van der Waals surface area contributed by atoms with Gasteiger partial charge in [0.05, 0.1) is 0 Å². The van der Waals surface area contributed by atoms with Gasteiger partial charge in [-0.15, -0.1) is 0 Å². The average Bonchev–Trinajstić information content (AvgIpc) is 2.84. The second-order valence-electron chi connectivity index (χ2n) is 4.43. The maximum Gasteiger partial charge on any atom is 0.192 e. The van der Waals surface area contributed by atoms with Crippen LogP contribution < -0.4 is 10.6 Å². The Bertz CT molecular complexity index is 737. The molecular formula is C14H15N5O. The summed E-state index contributed by atoms with van der Waals surface area (Å²) in [7, 11) is 1.83. The predicted octanol–water partition coefficient (Wildman–Crippen LogP) is 2.58. The standard InChI is InChI=1S/C14H15N5O/c1-9-19-11-5-10(3-4-12(11)20-9)7-16-14-6-13(15-2)17-8-18-14/h3-6,8H,7H2,1-2H3,(H2,15,16,17,18). The van der Waals surface area contributed by atoms with E-state index in [0.717, 1.165) is 28.3 Å². The van der Waals surface area contributed by atoms with Crippen molar-refractivity contribution in [3.63, 3.8) is 0 Å². The van der Waals surface area contributed by atoms with Crippen molar-refractivity contribution < 1.29 is 4.42 Å². The van der Waals surface area contributed by atoms with Crippen LogP contribution in [0.25, 0.3) is 11.1 Å². The van der Waals surface area contributed by atoms with Crippen LogP contribution in [-0.2, 0) is 6.54 Å². The Morgan fingerprint density at radius 2 is 2.00 bits per heavy atom. The number of aromatic nitrogens is 3. The van der Waals surface area contributed by atoms with Crippen LogP contribution in [0.5, 0.6) is 0 Å². The van der Waals surface area contributed by atoms with Crippen molar-refractivity contribution in [3.8, 4) is 0 Å². The van der Waals surface area contributed by atoms with Crippen molar-refractivity contribution in [3.05, 3.63) is 42.0 Å². The van der Waals surface area contributed by atoms with Crippen LogP contribution in [0.1, 0.15) is 11.5 Å². The van der Waals surface area contributed by atoms with Gasteiger partial charge in [-0.1, -0.05) is 6.07 Å². The van der Waals surface area contributed by atoms with Crippen molar-refractivity contribution in [2.75, 3.05) is 17.7 Å². The molecule has 20 heavy (non-hydrogen) atoms. The third kappa shape index (κ3) is 2.54. The molecule has 0 radical (unpaired) electrons. The van der Waals surface area contributed by atoms with Gasteiger partial charge in [0.15, 0.2) is 11.5 Å². The van der Waals surface area contributed by atoms with Gasteiger partial charge in [-0.2, -0.15) is 0 Å². The highest BCUT2D eigenvalue weighted by Gasteiger charge is 2.03. The van der Waals surface area contributed by atoms with Crippen molar-refractivity contribution in [2.24, 2.45) is 0 Å². The number of hydrogen-bond acceptors (Lipinski definition) is 6. The van der Waals surface area contributed by atoms with Gasteiger partial charge in [0.25, 0.3) is 0 Å². The quantitative estimate of drug-likeness (QED) is 0.758. The molecule has 0 saturated heterocycles. The summed E-state index contributed by atoms with van der Waals surface area (Å²) in [5.41, 5.74) is 2.81. The molecule has 1 aromatic carbocycles. The van der Waals surface area contributed by atoms with E-state index in [4.69, 9.17) is 4.42 Å². The smallest absolute Gasteiger partial charge is 0.192 e. The highest BCUT2D eigenvalue weighted by Crippen LogP contribution is 2.17. The van der Waals surface area contributed by atoms with E-state index in [1.54, 1.807) is 0 Å². The van der Waals surface area contributed by atoms with Gasteiger partial charge in [-0.25, -0.2) is 15.0 Å². The molecule has 0 aliphatic carbocycles. The molecule has 0 bridgehead atoms. The monoisotopic (exact) mass is 269 g/mol. The Hall–Kier alpha value is -2.63. The molecule has 0 aliphatic heterocycles. The van der Waals surface area contributed by atoms with E-state index in [2.05, 4.69) is 25.6 Å². The largest absolute Gasteiger partial charge is 0.441 e. The first kappa shape index (κ1) is 12.4. The molecule has 0 fully saturated rings. The second-order valence-corrected chi connectivity index (χ2v) is 4.43. The molecule has 102 valence electrons. The Kier molecular flexibility index (Phi) is 3.20. The second kappa shape index (κ2) is 5.16. The molecule has 3 aromatic rings. The van der Waals surface area contributed by atoms with E-state index < -0.39 is 0 Å². The summed E-state index contributed by atoms with van der Waals surface area (Å²) in [5.74, 6) is 2.24. The predicted molar refractivity (Wildman–Crippen MR) is 77.7 cm³/mol. The van der Waals surface area contributed by atoms with E-state index in [0.29, 0.717) is 12.4 Å². The average molecular weight is 269 g/mol. The molecule has 6 heteroatoms. The first-order valence-electron chi connectivity index (χ1n) is 6.34. The number of anilines is 2. The van der Waals surface area contributed by atoms with E-state index >= 15 is 0 Å². The minimum atomic E-state index is 0.669. The van der Waals surface area contributed by atoms with Crippen molar-refractivity contribution in [1.82, 2.24) is 15.0 Å². The van der Waals surface area contributed by atoms with Crippen LogP contribution in [0.4, 0.5) is 11.6 Å².